The van der Waals surface area contributed by atoms with Gasteiger partial charge in [-0.3, -0.25) is 13.8 Å². The molecule has 8 nitrogen and oxygen atoms in total. The normalized spacial score (nSPS) is 15.1. The van der Waals surface area contributed by atoms with Gasteiger partial charge in [-0.2, -0.15) is 0 Å². The minimum Gasteiger partial charge on any atom is -0.387 e. The first kappa shape index (κ1) is 59.2. The molecule has 0 radical (unpaired) electrons. The van der Waals surface area contributed by atoms with Gasteiger partial charge in [-0.05, 0) is 96.3 Å². The van der Waals surface area contributed by atoms with E-state index in [1.165, 1.54) is 64.2 Å². The Labute approximate surface area is 381 Å². The van der Waals surface area contributed by atoms with Gasteiger partial charge in [0.2, 0.25) is 5.91 Å². The van der Waals surface area contributed by atoms with Crippen LogP contribution in [0, 0.1) is 0 Å². The van der Waals surface area contributed by atoms with Crippen molar-refractivity contribution in [1.82, 2.24) is 5.32 Å². The molecule has 0 aromatic carbocycles. The Kier molecular flexibility index (Phi) is 41.4. The number of nitrogens with one attached hydrogen (secondary N) is 1. The van der Waals surface area contributed by atoms with Crippen molar-refractivity contribution < 1.29 is 32.9 Å². The van der Waals surface area contributed by atoms with Crippen molar-refractivity contribution in [2.24, 2.45) is 0 Å². The summed E-state index contributed by atoms with van der Waals surface area (Å²) in [6.45, 7) is 4.61. The van der Waals surface area contributed by atoms with E-state index in [1.807, 2.05) is 27.2 Å². The second kappa shape index (κ2) is 43.4. The number of aliphatic hydroxyl groups excluding tert-OH is 1. The number of nitrogens with zero attached hydrogens (tertiary/aromatic N) is 1. The molecular formula is C53H92N2O6P+. The van der Waals surface area contributed by atoms with Gasteiger partial charge in [-0.15, -0.1) is 0 Å². The lowest BCUT2D eigenvalue weighted by molar-refractivity contribution is -0.870. The Bertz CT molecular complexity index is 1370. The van der Waals surface area contributed by atoms with Crippen molar-refractivity contribution in [3.05, 3.63) is 109 Å². The fourth-order valence-corrected chi connectivity index (χ4v) is 6.87. The molecule has 0 saturated carbocycles. The molecule has 0 aliphatic heterocycles. The van der Waals surface area contributed by atoms with E-state index < -0.39 is 20.0 Å². The molecule has 9 heteroatoms. The zero-order valence-corrected chi connectivity index (χ0v) is 41.0. The van der Waals surface area contributed by atoms with Crippen LogP contribution in [0.25, 0.3) is 0 Å². The third-order valence-corrected chi connectivity index (χ3v) is 10.9. The first-order valence-corrected chi connectivity index (χ1v) is 25.8. The number of carbonyl (C=O) groups is 1. The van der Waals surface area contributed by atoms with Gasteiger partial charge in [0.25, 0.3) is 0 Å². The topological polar surface area (TPSA) is 105 Å². The number of hydrogen-bond donors (Lipinski definition) is 3. The highest BCUT2D eigenvalue weighted by Gasteiger charge is 2.27. The van der Waals surface area contributed by atoms with E-state index in [-0.39, 0.29) is 25.5 Å². The number of quaternary nitrogens is 1. The SMILES string of the molecule is CC/C=C\C/C=C\C/C=C\C/C=C\C/C=C\C/C=C\CCCCC(=O)NC(COP(=O)(O)OCC[N+](C)(C)C)C(O)/C=C/CC/C=C/CC/C=C/CCCCCCCCCCC. The maximum Gasteiger partial charge on any atom is 0.472 e. The first-order valence-electron chi connectivity index (χ1n) is 24.3. The largest absolute Gasteiger partial charge is 0.472 e. The zero-order chi connectivity index (χ0) is 45.7. The molecule has 0 bridgehead atoms. The Morgan fingerprint density at radius 1 is 0.565 bits per heavy atom. The van der Waals surface area contributed by atoms with Crippen LogP contribution in [0.5, 0.6) is 0 Å². The Morgan fingerprint density at radius 3 is 1.48 bits per heavy atom. The van der Waals surface area contributed by atoms with Crippen molar-refractivity contribution in [3.63, 3.8) is 0 Å². The molecule has 0 aliphatic rings. The summed E-state index contributed by atoms with van der Waals surface area (Å²) in [5.74, 6) is -0.238. The summed E-state index contributed by atoms with van der Waals surface area (Å²) in [6.07, 6.45) is 63.1. The fraction of sp³-hybridized carbons (Fsp3) is 0.642. The van der Waals surface area contributed by atoms with Gasteiger partial charge in [0.05, 0.1) is 39.9 Å². The van der Waals surface area contributed by atoms with Gasteiger partial charge >= 0.3 is 7.82 Å². The van der Waals surface area contributed by atoms with Crippen LogP contribution in [0.4, 0.5) is 0 Å². The van der Waals surface area contributed by atoms with Gasteiger partial charge in [0.1, 0.15) is 13.2 Å². The minimum atomic E-state index is -4.37. The number of likely N-dealkylation sites (N-methyl/N-ethyl adjacent to an activating group) is 1. The second-order valence-electron chi connectivity index (χ2n) is 17.1. The summed E-state index contributed by atoms with van der Waals surface area (Å²) in [5.41, 5.74) is 0. The van der Waals surface area contributed by atoms with E-state index in [2.05, 4.69) is 116 Å². The number of hydrogen-bond acceptors (Lipinski definition) is 5. The van der Waals surface area contributed by atoms with E-state index in [0.29, 0.717) is 17.4 Å². The molecule has 0 heterocycles. The highest BCUT2D eigenvalue weighted by Crippen LogP contribution is 2.43. The fourth-order valence-electron chi connectivity index (χ4n) is 6.13. The van der Waals surface area contributed by atoms with Crippen molar-refractivity contribution in [2.75, 3.05) is 40.9 Å². The molecular weight excluding hydrogens is 792 g/mol. The molecule has 0 aromatic rings. The molecule has 0 aromatic heterocycles. The standard InChI is InChI=1S/C53H91N2O6P/c1-6-8-10-12-14-16-18-20-22-24-26-27-29-31-33-35-37-39-41-43-45-47-53(57)54-51(50-61-62(58,59)60-49-48-55(3,4)5)52(56)46-44-42-40-38-36-34-32-30-28-25-23-21-19-17-15-13-11-9-7-2/h8,10,14,16,20,22,26-28,30-31,33,36-39,44,46,51-52,56H,6-7,9,11-13,15,17-19,21,23-25,29,32,34-35,40-43,45,47-50H2,1-5H3,(H-,54,57,58,59)/p+1/b10-8-,16-14-,22-20-,27-26-,30-28+,33-31-,38-36+,39-37-,46-44+. The van der Waals surface area contributed by atoms with Crippen LogP contribution in [0.1, 0.15) is 168 Å². The maximum absolute atomic E-state index is 12.9. The summed E-state index contributed by atoms with van der Waals surface area (Å²) in [7, 11) is 1.50. The van der Waals surface area contributed by atoms with Gasteiger partial charge in [0, 0.05) is 6.42 Å². The van der Waals surface area contributed by atoms with Gasteiger partial charge < -0.3 is 19.8 Å². The van der Waals surface area contributed by atoms with E-state index in [9.17, 15) is 19.4 Å². The highest BCUT2D eigenvalue weighted by molar-refractivity contribution is 7.47. The lowest BCUT2D eigenvalue weighted by Gasteiger charge is -2.25. The molecule has 0 spiro atoms. The Morgan fingerprint density at radius 2 is 0.984 bits per heavy atom. The number of amides is 1. The summed E-state index contributed by atoms with van der Waals surface area (Å²) in [5, 5.41) is 13.8. The Balaban J connectivity index is 4.56. The average Bonchev–Trinajstić information content (AvgIpc) is 3.23. The molecule has 0 rings (SSSR count). The van der Waals surface area contributed by atoms with E-state index in [0.717, 1.165) is 77.0 Å². The summed E-state index contributed by atoms with van der Waals surface area (Å²) >= 11 is 0. The van der Waals surface area contributed by atoms with Crippen molar-refractivity contribution in [1.29, 1.82) is 0 Å². The van der Waals surface area contributed by atoms with Crippen LogP contribution < -0.4 is 5.32 Å². The maximum atomic E-state index is 12.9. The van der Waals surface area contributed by atoms with Crippen molar-refractivity contribution in [3.8, 4) is 0 Å². The van der Waals surface area contributed by atoms with Crippen molar-refractivity contribution in [2.45, 2.75) is 180 Å². The van der Waals surface area contributed by atoms with Crippen LogP contribution in [-0.2, 0) is 18.4 Å². The number of phosphoric acid groups is 1. The van der Waals surface area contributed by atoms with Gasteiger partial charge in [-0.25, -0.2) is 4.57 Å². The summed E-state index contributed by atoms with van der Waals surface area (Å²) in [4.78, 5) is 23.2. The summed E-state index contributed by atoms with van der Waals surface area (Å²) < 4.78 is 23.6. The van der Waals surface area contributed by atoms with Gasteiger partial charge in [-0.1, -0.05) is 175 Å². The molecule has 0 saturated heterocycles. The smallest absolute Gasteiger partial charge is 0.387 e. The third kappa shape index (κ3) is 45.2. The third-order valence-electron chi connectivity index (χ3n) is 9.95. The minimum absolute atomic E-state index is 0.0384. The average molecular weight is 884 g/mol. The molecule has 3 unspecified atom stereocenters. The number of rotatable bonds is 42. The van der Waals surface area contributed by atoms with Crippen LogP contribution in [-0.4, -0.2) is 73.4 Å². The van der Waals surface area contributed by atoms with Crippen LogP contribution in [0.15, 0.2) is 109 Å². The molecule has 1 amide bonds. The van der Waals surface area contributed by atoms with Crippen LogP contribution in [0.3, 0.4) is 0 Å². The van der Waals surface area contributed by atoms with Gasteiger partial charge in [0.15, 0.2) is 0 Å². The summed E-state index contributed by atoms with van der Waals surface area (Å²) in [6, 6.07) is -0.900. The van der Waals surface area contributed by atoms with E-state index in [4.69, 9.17) is 9.05 Å². The molecule has 354 valence electrons. The van der Waals surface area contributed by atoms with E-state index in [1.54, 1.807) is 6.08 Å². The monoisotopic (exact) mass is 884 g/mol. The molecule has 3 atom stereocenters. The molecule has 62 heavy (non-hydrogen) atoms. The zero-order valence-electron chi connectivity index (χ0n) is 40.1. The van der Waals surface area contributed by atoms with Crippen LogP contribution >= 0.6 is 7.82 Å². The second-order valence-corrected chi connectivity index (χ2v) is 18.5. The lowest BCUT2D eigenvalue weighted by Crippen LogP contribution is -2.45. The van der Waals surface area contributed by atoms with Crippen LogP contribution in [0.2, 0.25) is 0 Å². The molecule has 0 aliphatic carbocycles. The van der Waals surface area contributed by atoms with E-state index >= 15 is 0 Å². The number of phosphoric ester groups is 1. The van der Waals surface area contributed by atoms with Crippen molar-refractivity contribution >= 4 is 13.7 Å². The number of aliphatic hydroxyl groups is 1. The number of unbranched alkanes of at least 4 members (excludes halogenated alkanes) is 13. The number of allylic oxidation sites excluding steroid dienone is 17. The highest BCUT2D eigenvalue weighted by atomic mass is 31.2. The number of carbonyl (C=O) groups excluding carboxylic acids is 1. The molecule has 3 N–H and O–H groups in total. The first-order chi connectivity index (χ1) is 30.0. The predicted octanol–water partition coefficient (Wildman–Crippen LogP) is 14.1. The lowest BCUT2D eigenvalue weighted by atomic mass is 10.1. The predicted molar refractivity (Wildman–Crippen MR) is 267 cm³/mol. The quantitative estimate of drug-likeness (QED) is 0.0244. The Hall–Kier alpha value is -2.84. The molecule has 0 fully saturated rings.